The lowest BCUT2D eigenvalue weighted by molar-refractivity contribution is -0.111. The zero-order valence-electron chi connectivity index (χ0n) is 12.7. The summed E-state index contributed by atoms with van der Waals surface area (Å²) in [5.74, 6) is -1.09. The summed E-state index contributed by atoms with van der Waals surface area (Å²) >= 11 is 0. The van der Waals surface area contributed by atoms with Gasteiger partial charge < -0.3 is 10.1 Å². The molecule has 0 atom stereocenters. The second kappa shape index (κ2) is 8.08. The number of halogens is 2. The van der Waals surface area contributed by atoms with Crippen LogP contribution in [0.3, 0.4) is 0 Å². The van der Waals surface area contributed by atoms with Gasteiger partial charge in [-0.1, -0.05) is 19.1 Å². The SMILES string of the molecule is CCCOc1ccc(/C=C/C(=O)Nc2cc(F)ccc2F)cc1. The van der Waals surface area contributed by atoms with E-state index in [4.69, 9.17) is 4.74 Å². The molecule has 5 heteroatoms. The number of anilines is 1. The van der Waals surface area contributed by atoms with Gasteiger partial charge in [-0.2, -0.15) is 0 Å². The molecule has 2 aromatic rings. The van der Waals surface area contributed by atoms with Gasteiger partial charge in [0.05, 0.1) is 12.3 Å². The first-order chi connectivity index (χ1) is 11.1. The number of carbonyl (C=O) groups excluding carboxylic acids is 1. The van der Waals surface area contributed by atoms with Crippen LogP contribution >= 0.6 is 0 Å². The van der Waals surface area contributed by atoms with Crippen LogP contribution in [-0.4, -0.2) is 12.5 Å². The molecule has 2 aromatic carbocycles. The molecule has 0 saturated carbocycles. The highest BCUT2D eigenvalue weighted by Crippen LogP contribution is 2.16. The molecule has 1 N–H and O–H groups in total. The van der Waals surface area contributed by atoms with Gasteiger partial charge in [-0.25, -0.2) is 8.78 Å². The zero-order valence-corrected chi connectivity index (χ0v) is 12.7. The van der Waals surface area contributed by atoms with Crippen molar-refractivity contribution in [1.29, 1.82) is 0 Å². The molecule has 0 heterocycles. The van der Waals surface area contributed by atoms with Crippen molar-refractivity contribution in [2.24, 2.45) is 0 Å². The summed E-state index contributed by atoms with van der Waals surface area (Å²) in [5.41, 5.74) is 0.603. The first-order valence-electron chi connectivity index (χ1n) is 7.25. The van der Waals surface area contributed by atoms with Crippen molar-refractivity contribution in [3.8, 4) is 5.75 Å². The van der Waals surface area contributed by atoms with Gasteiger partial charge in [0, 0.05) is 12.1 Å². The van der Waals surface area contributed by atoms with E-state index < -0.39 is 17.5 Å². The summed E-state index contributed by atoms with van der Waals surface area (Å²) in [6.07, 6.45) is 3.76. The van der Waals surface area contributed by atoms with E-state index >= 15 is 0 Å². The third-order valence-corrected chi connectivity index (χ3v) is 2.97. The Hall–Kier alpha value is -2.69. The second-order valence-corrected chi connectivity index (χ2v) is 4.86. The molecule has 3 nitrogen and oxygen atoms in total. The van der Waals surface area contributed by atoms with E-state index in [0.717, 1.165) is 35.9 Å². The summed E-state index contributed by atoms with van der Waals surface area (Å²) in [6.45, 7) is 2.67. The van der Waals surface area contributed by atoms with Crippen LogP contribution in [0, 0.1) is 11.6 Å². The number of rotatable bonds is 6. The second-order valence-electron chi connectivity index (χ2n) is 4.86. The predicted molar refractivity (Wildman–Crippen MR) is 86.2 cm³/mol. The number of ether oxygens (including phenoxy) is 1. The normalized spacial score (nSPS) is 10.7. The van der Waals surface area contributed by atoms with Crippen LogP contribution in [0.1, 0.15) is 18.9 Å². The number of carbonyl (C=O) groups is 1. The maximum Gasteiger partial charge on any atom is 0.248 e. The van der Waals surface area contributed by atoms with Crippen molar-refractivity contribution in [3.63, 3.8) is 0 Å². The van der Waals surface area contributed by atoms with Gasteiger partial charge in [0.25, 0.3) is 0 Å². The fourth-order valence-corrected chi connectivity index (χ4v) is 1.83. The summed E-state index contributed by atoms with van der Waals surface area (Å²) in [6, 6.07) is 10.1. The fraction of sp³-hybridized carbons (Fsp3) is 0.167. The molecule has 0 aliphatic rings. The molecule has 23 heavy (non-hydrogen) atoms. The number of amides is 1. The minimum absolute atomic E-state index is 0.192. The van der Waals surface area contributed by atoms with Crippen LogP contribution in [0.4, 0.5) is 14.5 Å². The average Bonchev–Trinajstić information content (AvgIpc) is 2.55. The Morgan fingerprint density at radius 3 is 2.61 bits per heavy atom. The molecular formula is C18H17F2NO2. The summed E-state index contributed by atoms with van der Waals surface area (Å²) in [5, 5.41) is 2.30. The molecule has 0 radical (unpaired) electrons. The molecule has 0 unspecified atom stereocenters. The van der Waals surface area contributed by atoms with Crippen LogP contribution in [0.25, 0.3) is 6.08 Å². The standard InChI is InChI=1S/C18H17F2NO2/c1-2-11-23-15-7-3-13(4-8-15)5-10-18(22)21-17-12-14(19)6-9-16(17)20/h3-10,12H,2,11H2,1H3,(H,21,22)/b10-5+. The Kier molecular flexibility index (Phi) is 5.86. The van der Waals surface area contributed by atoms with Crippen LogP contribution in [-0.2, 0) is 4.79 Å². The van der Waals surface area contributed by atoms with Crippen LogP contribution in [0.2, 0.25) is 0 Å². The predicted octanol–water partition coefficient (Wildman–Crippen LogP) is 4.41. The molecule has 0 fully saturated rings. The van der Waals surface area contributed by atoms with Gasteiger partial charge in [0.15, 0.2) is 0 Å². The van der Waals surface area contributed by atoms with E-state index in [9.17, 15) is 13.6 Å². The first-order valence-corrected chi connectivity index (χ1v) is 7.25. The maximum atomic E-state index is 13.4. The van der Waals surface area contributed by atoms with E-state index in [0.29, 0.717) is 6.61 Å². The van der Waals surface area contributed by atoms with Gasteiger partial charge in [0.1, 0.15) is 17.4 Å². The Labute approximate surface area is 133 Å². The Morgan fingerprint density at radius 2 is 1.91 bits per heavy atom. The lowest BCUT2D eigenvalue weighted by atomic mass is 10.2. The smallest absolute Gasteiger partial charge is 0.248 e. The Balaban J connectivity index is 1.96. The van der Waals surface area contributed by atoms with E-state index in [1.54, 1.807) is 30.3 Å². The van der Waals surface area contributed by atoms with E-state index in [1.165, 1.54) is 6.08 Å². The molecule has 120 valence electrons. The summed E-state index contributed by atoms with van der Waals surface area (Å²) < 4.78 is 31.9. The topological polar surface area (TPSA) is 38.3 Å². The third kappa shape index (κ3) is 5.21. The van der Waals surface area contributed by atoms with Crippen molar-refractivity contribution in [1.82, 2.24) is 0 Å². The van der Waals surface area contributed by atoms with Crippen molar-refractivity contribution >= 4 is 17.7 Å². The van der Waals surface area contributed by atoms with Gasteiger partial charge in [-0.3, -0.25) is 4.79 Å². The molecule has 0 saturated heterocycles. The minimum atomic E-state index is -0.689. The monoisotopic (exact) mass is 317 g/mol. The zero-order chi connectivity index (χ0) is 16.7. The van der Waals surface area contributed by atoms with E-state index in [1.807, 2.05) is 6.92 Å². The lowest BCUT2D eigenvalue weighted by Gasteiger charge is -2.05. The van der Waals surface area contributed by atoms with Crippen molar-refractivity contribution in [3.05, 3.63) is 65.7 Å². The Bertz CT molecular complexity index is 697. The molecule has 0 aliphatic carbocycles. The van der Waals surface area contributed by atoms with E-state index in [2.05, 4.69) is 5.32 Å². The van der Waals surface area contributed by atoms with Crippen LogP contribution in [0.15, 0.2) is 48.5 Å². The number of hydrogen-bond acceptors (Lipinski definition) is 2. The number of benzene rings is 2. The molecule has 1 amide bonds. The minimum Gasteiger partial charge on any atom is -0.494 e. The fourth-order valence-electron chi connectivity index (χ4n) is 1.83. The molecular weight excluding hydrogens is 300 g/mol. The summed E-state index contributed by atoms with van der Waals surface area (Å²) in [4.78, 5) is 11.7. The molecule has 0 aliphatic heterocycles. The van der Waals surface area contributed by atoms with Gasteiger partial charge in [-0.05, 0) is 42.3 Å². The summed E-state index contributed by atoms with van der Waals surface area (Å²) in [7, 11) is 0. The first kappa shape index (κ1) is 16.7. The van der Waals surface area contributed by atoms with Crippen LogP contribution < -0.4 is 10.1 Å². The highest BCUT2D eigenvalue weighted by atomic mass is 19.1. The highest BCUT2D eigenvalue weighted by Gasteiger charge is 2.05. The maximum absolute atomic E-state index is 13.4. The highest BCUT2D eigenvalue weighted by molar-refractivity contribution is 6.01. The van der Waals surface area contributed by atoms with Crippen molar-refractivity contribution in [2.75, 3.05) is 11.9 Å². The van der Waals surface area contributed by atoms with Gasteiger partial charge in [0.2, 0.25) is 5.91 Å². The molecule has 2 rings (SSSR count). The third-order valence-electron chi connectivity index (χ3n) is 2.97. The van der Waals surface area contributed by atoms with Crippen molar-refractivity contribution < 1.29 is 18.3 Å². The quantitative estimate of drug-likeness (QED) is 0.802. The van der Waals surface area contributed by atoms with Crippen molar-refractivity contribution in [2.45, 2.75) is 13.3 Å². The molecule has 0 bridgehead atoms. The average molecular weight is 317 g/mol. The largest absolute Gasteiger partial charge is 0.494 e. The van der Waals surface area contributed by atoms with E-state index in [-0.39, 0.29) is 5.69 Å². The van der Waals surface area contributed by atoms with Crippen LogP contribution in [0.5, 0.6) is 5.75 Å². The molecule has 0 aromatic heterocycles. The van der Waals surface area contributed by atoms with Gasteiger partial charge in [-0.15, -0.1) is 0 Å². The van der Waals surface area contributed by atoms with Gasteiger partial charge >= 0.3 is 0 Å². The molecule has 0 spiro atoms. The number of hydrogen-bond donors (Lipinski definition) is 1. The lowest BCUT2D eigenvalue weighted by Crippen LogP contribution is -2.09. The Morgan fingerprint density at radius 1 is 1.17 bits per heavy atom. The number of nitrogens with one attached hydrogen (secondary N) is 1.